The Morgan fingerprint density at radius 1 is 1.12 bits per heavy atom. The van der Waals surface area contributed by atoms with Gasteiger partial charge in [0.05, 0.1) is 7.11 Å². The van der Waals surface area contributed by atoms with Crippen molar-refractivity contribution in [3.63, 3.8) is 0 Å². The van der Waals surface area contributed by atoms with Crippen LogP contribution in [0.15, 0.2) is 24.3 Å². The van der Waals surface area contributed by atoms with E-state index in [9.17, 15) is 9.59 Å². The first kappa shape index (κ1) is 19.2. The Hall–Kier alpha value is -1.59. The van der Waals surface area contributed by atoms with Gasteiger partial charge < -0.3 is 10.1 Å². The Morgan fingerprint density at radius 3 is 2.46 bits per heavy atom. The van der Waals surface area contributed by atoms with Gasteiger partial charge in [0.25, 0.3) is 0 Å². The summed E-state index contributed by atoms with van der Waals surface area (Å²) in [6.45, 7) is 0.700. The van der Waals surface area contributed by atoms with Crippen molar-refractivity contribution in [1.29, 1.82) is 0 Å². The predicted octanol–water partition coefficient (Wildman–Crippen LogP) is 3.47. The molecule has 1 N–H and O–H groups in total. The van der Waals surface area contributed by atoms with Gasteiger partial charge in [0.1, 0.15) is 12.1 Å². The Labute approximate surface area is 160 Å². The van der Waals surface area contributed by atoms with Gasteiger partial charge in [-0.2, -0.15) is 0 Å². The Bertz CT molecular complexity index is 628. The molecule has 1 aliphatic heterocycles. The first-order valence-electron chi connectivity index (χ1n) is 9.49. The number of amides is 1. The molecule has 6 heteroatoms. The smallest absolute Gasteiger partial charge is 0.323 e. The van der Waals surface area contributed by atoms with Gasteiger partial charge in [-0.25, -0.2) is 0 Å². The lowest BCUT2D eigenvalue weighted by atomic mass is 9.94. The normalized spacial score (nSPS) is 22.8. The highest BCUT2D eigenvalue weighted by atomic mass is 35.5. The molecular weight excluding hydrogens is 352 g/mol. The Balaban J connectivity index is 1.84. The fourth-order valence-electron chi connectivity index (χ4n) is 4.15. The van der Waals surface area contributed by atoms with Gasteiger partial charge in [0.15, 0.2) is 0 Å². The van der Waals surface area contributed by atoms with Crippen LogP contribution in [0.1, 0.15) is 56.6 Å². The summed E-state index contributed by atoms with van der Waals surface area (Å²) in [6.07, 6.45) is 7.20. The van der Waals surface area contributed by atoms with Gasteiger partial charge in [-0.1, -0.05) is 43.0 Å². The molecule has 1 aliphatic carbocycles. The van der Waals surface area contributed by atoms with Crippen molar-refractivity contribution in [2.24, 2.45) is 0 Å². The highest BCUT2D eigenvalue weighted by molar-refractivity contribution is 6.30. The third kappa shape index (κ3) is 4.38. The van der Waals surface area contributed by atoms with Gasteiger partial charge in [-0.3, -0.25) is 14.5 Å². The number of methoxy groups -OCH3 is 1. The second-order valence-corrected chi connectivity index (χ2v) is 7.65. The number of halogens is 1. The van der Waals surface area contributed by atoms with Crippen molar-refractivity contribution < 1.29 is 14.3 Å². The van der Waals surface area contributed by atoms with Crippen molar-refractivity contribution >= 4 is 23.5 Å². The maximum Gasteiger partial charge on any atom is 0.323 e. The van der Waals surface area contributed by atoms with Crippen molar-refractivity contribution in [3.8, 4) is 0 Å². The maximum absolute atomic E-state index is 13.2. The zero-order valence-electron chi connectivity index (χ0n) is 15.2. The molecule has 1 saturated heterocycles. The molecule has 1 amide bonds. The summed E-state index contributed by atoms with van der Waals surface area (Å²) in [6, 6.07) is 6.69. The van der Waals surface area contributed by atoms with E-state index in [0.29, 0.717) is 18.0 Å². The van der Waals surface area contributed by atoms with Gasteiger partial charge in [0.2, 0.25) is 5.91 Å². The molecule has 1 heterocycles. The van der Waals surface area contributed by atoms with E-state index in [2.05, 4.69) is 5.32 Å². The van der Waals surface area contributed by atoms with Crippen LogP contribution >= 0.6 is 11.6 Å². The first-order chi connectivity index (χ1) is 12.6. The molecule has 2 aliphatic rings. The number of hydrogen-bond acceptors (Lipinski definition) is 4. The average molecular weight is 379 g/mol. The molecular formula is C20H27ClN2O3. The van der Waals surface area contributed by atoms with E-state index >= 15 is 0 Å². The number of nitrogens with zero attached hydrogens (tertiary/aromatic N) is 1. The van der Waals surface area contributed by atoms with Crippen LogP contribution in [0, 0.1) is 0 Å². The Morgan fingerprint density at radius 2 is 1.81 bits per heavy atom. The topological polar surface area (TPSA) is 58.6 Å². The van der Waals surface area contributed by atoms with Gasteiger partial charge in [0, 0.05) is 17.6 Å². The lowest BCUT2D eigenvalue weighted by Crippen LogP contribution is -2.48. The van der Waals surface area contributed by atoms with Crippen LogP contribution in [-0.2, 0) is 14.3 Å². The van der Waals surface area contributed by atoms with Crippen LogP contribution in [0.25, 0.3) is 0 Å². The second kappa shape index (κ2) is 8.87. The Kier molecular flexibility index (Phi) is 6.54. The summed E-state index contributed by atoms with van der Waals surface area (Å²) in [5.41, 5.74) is 0.860. The summed E-state index contributed by atoms with van der Waals surface area (Å²) >= 11 is 6.02. The summed E-state index contributed by atoms with van der Waals surface area (Å²) in [5.74, 6) is -0.304. The first-order valence-corrected chi connectivity index (χ1v) is 9.87. The molecule has 1 aromatic carbocycles. The van der Waals surface area contributed by atoms with Crippen LogP contribution < -0.4 is 5.32 Å². The highest BCUT2D eigenvalue weighted by Crippen LogP contribution is 2.31. The van der Waals surface area contributed by atoms with Gasteiger partial charge in [-0.05, 0) is 43.4 Å². The zero-order chi connectivity index (χ0) is 18.5. The fraction of sp³-hybridized carbons (Fsp3) is 0.600. The SMILES string of the molecule is COC(=O)[C@@H]1CCCN1[C@H](C(=O)NC1CCCCC1)c1ccc(Cl)cc1. The molecule has 0 aromatic heterocycles. The molecule has 0 radical (unpaired) electrons. The molecule has 2 atom stereocenters. The summed E-state index contributed by atoms with van der Waals surface area (Å²) < 4.78 is 4.97. The minimum absolute atomic E-state index is 0.0324. The number of nitrogens with one attached hydrogen (secondary N) is 1. The van der Waals surface area contributed by atoms with E-state index in [-0.39, 0.29) is 24.0 Å². The van der Waals surface area contributed by atoms with Gasteiger partial charge >= 0.3 is 5.97 Å². The molecule has 26 heavy (non-hydrogen) atoms. The average Bonchev–Trinajstić information content (AvgIpc) is 3.13. The molecule has 0 spiro atoms. The van der Waals surface area contributed by atoms with Gasteiger partial charge in [-0.15, -0.1) is 0 Å². The monoisotopic (exact) mass is 378 g/mol. The fourth-order valence-corrected chi connectivity index (χ4v) is 4.28. The summed E-state index contributed by atoms with van der Waals surface area (Å²) in [7, 11) is 1.40. The summed E-state index contributed by atoms with van der Waals surface area (Å²) in [5, 5.41) is 3.85. The van der Waals surface area contributed by atoms with E-state index in [1.807, 2.05) is 17.0 Å². The number of benzene rings is 1. The quantitative estimate of drug-likeness (QED) is 0.797. The second-order valence-electron chi connectivity index (χ2n) is 7.22. The number of likely N-dealkylation sites (tertiary alicyclic amines) is 1. The molecule has 1 saturated carbocycles. The van der Waals surface area contributed by atoms with Crippen molar-refractivity contribution in [2.75, 3.05) is 13.7 Å². The summed E-state index contributed by atoms with van der Waals surface area (Å²) in [4.78, 5) is 27.4. The van der Waals surface area contributed by atoms with Crippen LogP contribution in [0.2, 0.25) is 5.02 Å². The molecule has 5 nitrogen and oxygen atoms in total. The molecule has 0 bridgehead atoms. The largest absolute Gasteiger partial charge is 0.468 e. The number of hydrogen-bond donors (Lipinski definition) is 1. The van der Waals surface area contributed by atoms with E-state index < -0.39 is 6.04 Å². The van der Waals surface area contributed by atoms with E-state index in [0.717, 1.165) is 37.7 Å². The van der Waals surface area contributed by atoms with Crippen LogP contribution in [-0.4, -0.2) is 42.5 Å². The maximum atomic E-state index is 13.2. The number of carbonyl (C=O) groups excluding carboxylic acids is 2. The number of rotatable bonds is 5. The van der Waals surface area contributed by atoms with Crippen molar-refractivity contribution in [2.45, 2.75) is 63.1 Å². The zero-order valence-corrected chi connectivity index (χ0v) is 16.0. The molecule has 142 valence electrons. The van der Waals surface area contributed by atoms with E-state index in [1.54, 1.807) is 12.1 Å². The number of carbonyl (C=O) groups is 2. The lowest BCUT2D eigenvalue weighted by Gasteiger charge is -2.33. The number of esters is 1. The lowest BCUT2D eigenvalue weighted by molar-refractivity contribution is -0.147. The molecule has 3 rings (SSSR count). The molecule has 2 fully saturated rings. The van der Waals surface area contributed by atoms with Crippen LogP contribution in [0.3, 0.4) is 0 Å². The standard InChI is InChI=1S/C20H27ClN2O3/c1-26-20(25)17-8-5-13-23(17)18(14-9-11-15(21)12-10-14)19(24)22-16-6-3-2-4-7-16/h9-12,16-18H,2-8,13H2,1H3,(H,22,24)/t17-,18-/m0/s1. The van der Waals surface area contributed by atoms with Crippen molar-refractivity contribution in [1.82, 2.24) is 10.2 Å². The number of ether oxygens (including phenoxy) is 1. The molecule has 0 unspecified atom stereocenters. The predicted molar refractivity (Wildman–Crippen MR) is 101 cm³/mol. The molecule has 1 aromatic rings. The minimum atomic E-state index is -0.499. The van der Waals surface area contributed by atoms with Crippen LogP contribution in [0.5, 0.6) is 0 Å². The minimum Gasteiger partial charge on any atom is -0.468 e. The van der Waals surface area contributed by atoms with Crippen molar-refractivity contribution in [3.05, 3.63) is 34.9 Å². The highest BCUT2D eigenvalue weighted by Gasteiger charge is 2.40. The third-order valence-corrected chi connectivity index (χ3v) is 5.74. The van der Waals surface area contributed by atoms with E-state index in [4.69, 9.17) is 16.3 Å². The van der Waals surface area contributed by atoms with E-state index in [1.165, 1.54) is 13.5 Å². The van der Waals surface area contributed by atoms with Crippen LogP contribution in [0.4, 0.5) is 0 Å². The third-order valence-electron chi connectivity index (χ3n) is 5.48.